The molecule has 5 aromatic rings. The summed E-state index contributed by atoms with van der Waals surface area (Å²) in [5.41, 5.74) is 2.28. The molecule has 0 fully saturated rings. The molecule has 2 heterocycles. The number of nitrogens with zero attached hydrogens (tertiary/aromatic N) is 4. The van der Waals surface area contributed by atoms with Crippen LogP contribution in [-0.4, -0.2) is 19.3 Å². The Labute approximate surface area is 225 Å². The molecule has 3 aromatic carbocycles. The van der Waals surface area contributed by atoms with Crippen LogP contribution in [0.1, 0.15) is 11.4 Å². The average molecular weight is 564 g/mol. The van der Waals surface area contributed by atoms with Gasteiger partial charge in [0.1, 0.15) is 11.6 Å². The Kier molecular flexibility index (Phi) is 7.32. The molecule has 0 saturated carbocycles. The zero-order chi connectivity index (χ0) is 24.5. The van der Waals surface area contributed by atoms with E-state index in [1.807, 2.05) is 23.7 Å². The first-order valence-electron chi connectivity index (χ1n) is 10.5. The first kappa shape index (κ1) is 24.5. The van der Waals surface area contributed by atoms with Crippen LogP contribution in [0.15, 0.2) is 76.9 Å². The molecule has 0 spiro atoms. The van der Waals surface area contributed by atoms with E-state index in [-0.39, 0.29) is 5.82 Å². The van der Waals surface area contributed by atoms with E-state index in [0.29, 0.717) is 48.8 Å². The van der Waals surface area contributed by atoms with E-state index in [9.17, 15) is 4.39 Å². The van der Waals surface area contributed by atoms with Crippen LogP contribution in [0, 0.1) is 5.82 Å². The number of aryl methyl sites for hydroxylation is 1. The molecular weight excluding hydrogens is 546 g/mol. The zero-order valence-corrected chi connectivity index (χ0v) is 22.3. The van der Waals surface area contributed by atoms with Crippen LogP contribution in [0.4, 0.5) is 4.39 Å². The lowest BCUT2D eigenvalue weighted by atomic mass is 10.2. The van der Waals surface area contributed by atoms with Gasteiger partial charge in [0.15, 0.2) is 5.16 Å². The second kappa shape index (κ2) is 10.4. The molecule has 0 amide bonds. The summed E-state index contributed by atoms with van der Waals surface area (Å²) >= 11 is 22.1. The molecule has 35 heavy (non-hydrogen) atoms. The molecule has 0 aliphatic carbocycles. The summed E-state index contributed by atoms with van der Waals surface area (Å²) in [6.07, 6.45) is 2.11. The highest BCUT2D eigenvalue weighted by Crippen LogP contribution is 2.37. The molecule has 5 rings (SSSR count). The van der Waals surface area contributed by atoms with Crippen molar-refractivity contribution in [3.05, 3.63) is 99.1 Å². The van der Waals surface area contributed by atoms with Crippen LogP contribution >= 0.6 is 58.3 Å². The molecule has 2 aromatic heterocycles. The molecule has 10 heteroatoms. The fourth-order valence-corrected chi connectivity index (χ4v) is 6.46. The van der Waals surface area contributed by atoms with Gasteiger partial charge in [0, 0.05) is 39.8 Å². The van der Waals surface area contributed by atoms with E-state index in [2.05, 4.69) is 33.1 Å². The van der Waals surface area contributed by atoms with Gasteiger partial charge in [-0.05, 0) is 35.9 Å². The SMILES string of the molecule is Cn1cc(SCc2nnc(SCc3ccc(Cl)cc3F)n2-c2c(Cl)cccc2Cl)c2ccccc21. The molecular formula is C25H18Cl3FN4S2. The Balaban J connectivity index is 1.49. The van der Waals surface area contributed by atoms with Crippen LogP contribution in [0.2, 0.25) is 15.1 Å². The first-order valence-corrected chi connectivity index (χ1v) is 13.6. The molecule has 178 valence electrons. The molecule has 0 unspecified atom stereocenters. The van der Waals surface area contributed by atoms with Gasteiger partial charge in [-0.1, -0.05) is 76.9 Å². The minimum absolute atomic E-state index is 0.347. The van der Waals surface area contributed by atoms with E-state index < -0.39 is 0 Å². The summed E-state index contributed by atoms with van der Waals surface area (Å²) in [5, 5.41) is 11.9. The van der Waals surface area contributed by atoms with Crippen molar-refractivity contribution in [2.75, 3.05) is 0 Å². The zero-order valence-electron chi connectivity index (χ0n) is 18.4. The minimum atomic E-state index is -0.362. The van der Waals surface area contributed by atoms with Crippen molar-refractivity contribution < 1.29 is 4.39 Å². The van der Waals surface area contributed by atoms with Crippen molar-refractivity contribution in [3.8, 4) is 5.69 Å². The number of rotatable bonds is 7. The Morgan fingerprint density at radius 1 is 0.886 bits per heavy atom. The number of aromatic nitrogens is 4. The number of fused-ring (bicyclic) bond motifs is 1. The van der Waals surface area contributed by atoms with Gasteiger partial charge in [0.05, 0.1) is 21.5 Å². The number of thioether (sulfide) groups is 2. The summed E-state index contributed by atoms with van der Waals surface area (Å²) in [7, 11) is 2.03. The highest BCUT2D eigenvalue weighted by Gasteiger charge is 2.20. The van der Waals surface area contributed by atoms with Crippen LogP contribution in [0.25, 0.3) is 16.6 Å². The van der Waals surface area contributed by atoms with Gasteiger partial charge >= 0.3 is 0 Å². The highest BCUT2D eigenvalue weighted by molar-refractivity contribution is 7.99. The van der Waals surface area contributed by atoms with E-state index in [1.54, 1.807) is 42.1 Å². The predicted molar refractivity (Wildman–Crippen MR) is 145 cm³/mol. The number of halogens is 4. The quantitative estimate of drug-likeness (QED) is 0.186. The standard InChI is InChI=1S/C25H18Cl3FN4S2/c1-32-12-22(17-5-2-3-8-21(17)32)34-14-23-30-31-25(33(23)24-18(27)6-4-7-19(24)28)35-13-15-9-10-16(26)11-20(15)29/h2-12H,13-14H2,1H3. The first-order chi connectivity index (χ1) is 16.9. The Hall–Kier alpha value is -2.16. The third-order valence-corrected chi connectivity index (χ3v) is 8.31. The van der Waals surface area contributed by atoms with Crippen molar-refractivity contribution >= 4 is 69.2 Å². The highest BCUT2D eigenvalue weighted by atomic mass is 35.5. The van der Waals surface area contributed by atoms with E-state index in [1.165, 1.54) is 23.2 Å². The molecule has 0 radical (unpaired) electrons. The largest absolute Gasteiger partial charge is 0.349 e. The number of hydrogen-bond acceptors (Lipinski definition) is 4. The van der Waals surface area contributed by atoms with Crippen LogP contribution in [0.5, 0.6) is 0 Å². The van der Waals surface area contributed by atoms with Gasteiger partial charge in [-0.15, -0.1) is 22.0 Å². The summed E-state index contributed by atoms with van der Waals surface area (Å²) in [4.78, 5) is 1.14. The lowest BCUT2D eigenvalue weighted by Gasteiger charge is -2.13. The second-order valence-electron chi connectivity index (χ2n) is 7.74. The maximum absolute atomic E-state index is 14.4. The van der Waals surface area contributed by atoms with Gasteiger partial charge in [-0.25, -0.2) is 4.39 Å². The number of benzene rings is 3. The van der Waals surface area contributed by atoms with Gasteiger partial charge in [0.2, 0.25) is 0 Å². The molecule has 0 aliphatic heterocycles. The number of hydrogen-bond donors (Lipinski definition) is 0. The normalized spacial score (nSPS) is 11.5. The van der Waals surface area contributed by atoms with Crippen LogP contribution in [-0.2, 0) is 18.6 Å². The average Bonchev–Trinajstić information content (AvgIpc) is 3.38. The lowest BCUT2D eigenvalue weighted by Crippen LogP contribution is -2.04. The Bertz CT molecular complexity index is 1510. The van der Waals surface area contributed by atoms with Crippen LogP contribution in [0.3, 0.4) is 0 Å². The van der Waals surface area contributed by atoms with E-state index in [4.69, 9.17) is 34.8 Å². The van der Waals surface area contributed by atoms with Crippen LogP contribution < -0.4 is 0 Å². The van der Waals surface area contributed by atoms with Crippen molar-refractivity contribution in [1.29, 1.82) is 0 Å². The third-order valence-electron chi connectivity index (χ3n) is 5.45. The van der Waals surface area contributed by atoms with E-state index >= 15 is 0 Å². The van der Waals surface area contributed by atoms with Gasteiger partial charge in [-0.2, -0.15) is 0 Å². The summed E-state index contributed by atoms with van der Waals surface area (Å²) in [5.74, 6) is 1.22. The lowest BCUT2D eigenvalue weighted by molar-refractivity contribution is 0.617. The fraction of sp³-hybridized carbons (Fsp3) is 0.120. The van der Waals surface area contributed by atoms with Gasteiger partial charge in [-0.3, -0.25) is 4.57 Å². The molecule has 0 saturated heterocycles. The predicted octanol–water partition coefficient (Wildman–Crippen LogP) is 8.44. The molecule has 0 aliphatic rings. The fourth-order valence-electron chi connectivity index (χ4n) is 3.76. The molecule has 0 bridgehead atoms. The van der Waals surface area contributed by atoms with Crippen molar-refractivity contribution in [2.24, 2.45) is 7.05 Å². The molecule has 0 N–H and O–H groups in total. The monoisotopic (exact) mass is 562 g/mol. The summed E-state index contributed by atoms with van der Waals surface area (Å²) in [6, 6.07) is 18.2. The third kappa shape index (κ3) is 5.06. The molecule has 4 nitrogen and oxygen atoms in total. The molecule has 0 atom stereocenters. The second-order valence-corrected chi connectivity index (χ2v) is 10.9. The van der Waals surface area contributed by atoms with Crippen molar-refractivity contribution in [2.45, 2.75) is 21.6 Å². The summed E-state index contributed by atoms with van der Waals surface area (Å²) in [6.45, 7) is 0. The topological polar surface area (TPSA) is 35.6 Å². The maximum atomic E-state index is 14.4. The van der Waals surface area contributed by atoms with E-state index in [0.717, 1.165) is 10.4 Å². The van der Waals surface area contributed by atoms with Crippen molar-refractivity contribution in [3.63, 3.8) is 0 Å². The number of para-hydroxylation sites is 2. The van der Waals surface area contributed by atoms with Crippen molar-refractivity contribution in [1.82, 2.24) is 19.3 Å². The smallest absolute Gasteiger partial charge is 0.196 e. The Morgan fingerprint density at radius 3 is 2.43 bits per heavy atom. The summed E-state index contributed by atoms with van der Waals surface area (Å²) < 4.78 is 18.3. The van der Waals surface area contributed by atoms with Gasteiger partial charge < -0.3 is 4.57 Å². The maximum Gasteiger partial charge on any atom is 0.196 e. The minimum Gasteiger partial charge on any atom is -0.349 e. The van der Waals surface area contributed by atoms with Gasteiger partial charge in [0.25, 0.3) is 0 Å². The Morgan fingerprint density at radius 2 is 1.66 bits per heavy atom.